The maximum atomic E-state index is 6.02. The van der Waals surface area contributed by atoms with Crippen molar-refractivity contribution in [1.29, 1.82) is 0 Å². The Kier molecular flexibility index (Phi) is 3.64. The molecule has 0 amide bonds. The summed E-state index contributed by atoms with van der Waals surface area (Å²) >= 11 is 0. The minimum absolute atomic E-state index is 0.0530. The summed E-state index contributed by atoms with van der Waals surface area (Å²) in [6.45, 7) is 9.30. The van der Waals surface area contributed by atoms with Crippen molar-refractivity contribution in [2.75, 3.05) is 13.7 Å². The topological polar surface area (TPSA) is 30.5 Å². The fourth-order valence-electron chi connectivity index (χ4n) is 2.64. The largest absolute Gasteiger partial charge is 0.496 e. The minimum Gasteiger partial charge on any atom is -0.496 e. The lowest BCUT2D eigenvalue weighted by molar-refractivity contribution is -0.0496. The van der Waals surface area contributed by atoms with Gasteiger partial charge in [0.25, 0.3) is 0 Å². The van der Waals surface area contributed by atoms with Crippen molar-refractivity contribution < 1.29 is 9.47 Å². The standard InChI is InChI=1S/C15H23NO2/c1-10-8-12(6-7-13(10)17-5)14-11(2)16-15(3,4)9-18-14/h6-8,11,14,16H,9H2,1-5H3. The molecule has 1 fully saturated rings. The molecule has 2 atom stereocenters. The van der Waals surface area contributed by atoms with Crippen molar-refractivity contribution in [1.82, 2.24) is 5.32 Å². The van der Waals surface area contributed by atoms with Gasteiger partial charge >= 0.3 is 0 Å². The molecule has 1 heterocycles. The fourth-order valence-corrected chi connectivity index (χ4v) is 2.64. The van der Waals surface area contributed by atoms with Crippen molar-refractivity contribution in [2.45, 2.75) is 45.4 Å². The summed E-state index contributed by atoms with van der Waals surface area (Å²) in [5, 5.41) is 3.60. The van der Waals surface area contributed by atoms with E-state index in [4.69, 9.17) is 9.47 Å². The second-order valence-corrected chi connectivity index (χ2v) is 5.78. The Morgan fingerprint density at radius 1 is 1.39 bits per heavy atom. The zero-order valence-electron chi connectivity index (χ0n) is 11.9. The van der Waals surface area contributed by atoms with Gasteiger partial charge in [0.05, 0.1) is 19.8 Å². The Morgan fingerprint density at radius 3 is 2.67 bits per heavy atom. The Hall–Kier alpha value is -1.06. The first-order valence-electron chi connectivity index (χ1n) is 6.47. The predicted octanol–water partition coefficient (Wildman–Crippen LogP) is 2.83. The van der Waals surface area contributed by atoms with Crippen LogP contribution in [0.5, 0.6) is 5.75 Å². The lowest BCUT2D eigenvalue weighted by atomic mass is 9.95. The van der Waals surface area contributed by atoms with E-state index < -0.39 is 0 Å². The first-order chi connectivity index (χ1) is 8.43. The first-order valence-corrected chi connectivity index (χ1v) is 6.47. The van der Waals surface area contributed by atoms with E-state index in [1.54, 1.807) is 7.11 Å². The molecule has 1 aliphatic rings. The molecule has 1 aromatic rings. The van der Waals surface area contributed by atoms with Gasteiger partial charge in [0.1, 0.15) is 5.75 Å². The molecule has 1 aliphatic heterocycles. The van der Waals surface area contributed by atoms with Crippen molar-refractivity contribution in [2.24, 2.45) is 0 Å². The van der Waals surface area contributed by atoms with Gasteiger partial charge in [0.2, 0.25) is 0 Å². The summed E-state index contributed by atoms with van der Waals surface area (Å²) in [7, 11) is 1.70. The SMILES string of the molecule is COc1ccc(C2OCC(C)(C)NC2C)cc1C. The second-order valence-electron chi connectivity index (χ2n) is 5.78. The molecule has 100 valence electrons. The predicted molar refractivity (Wildman–Crippen MR) is 73.1 cm³/mol. The molecule has 2 unspecified atom stereocenters. The molecule has 0 aromatic heterocycles. The Labute approximate surface area is 109 Å². The van der Waals surface area contributed by atoms with Crippen molar-refractivity contribution in [3.8, 4) is 5.75 Å². The molecule has 3 nitrogen and oxygen atoms in total. The number of aryl methyl sites for hydroxylation is 1. The lowest BCUT2D eigenvalue weighted by Crippen LogP contribution is -2.55. The minimum atomic E-state index is 0.0530. The summed E-state index contributed by atoms with van der Waals surface area (Å²) in [6.07, 6.45) is 0.114. The third kappa shape index (κ3) is 2.68. The van der Waals surface area contributed by atoms with Crippen LogP contribution in [0.1, 0.15) is 38.0 Å². The molecule has 2 rings (SSSR count). The monoisotopic (exact) mass is 249 g/mol. The maximum absolute atomic E-state index is 6.02. The van der Waals surface area contributed by atoms with Crippen LogP contribution in [0, 0.1) is 6.92 Å². The molecule has 0 spiro atoms. The van der Waals surface area contributed by atoms with E-state index in [1.807, 2.05) is 6.07 Å². The molecule has 0 bridgehead atoms. The number of nitrogens with one attached hydrogen (secondary N) is 1. The zero-order chi connectivity index (χ0) is 13.3. The third-order valence-corrected chi connectivity index (χ3v) is 3.44. The highest BCUT2D eigenvalue weighted by molar-refractivity contribution is 5.37. The number of rotatable bonds is 2. The number of methoxy groups -OCH3 is 1. The zero-order valence-corrected chi connectivity index (χ0v) is 11.9. The highest BCUT2D eigenvalue weighted by Crippen LogP contribution is 2.30. The molecule has 3 heteroatoms. The summed E-state index contributed by atoms with van der Waals surface area (Å²) < 4.78 is 11.3. The number of hydrogen-bond acceptors (Lipinski definition) is 3. The van der Waals surface area contributed by atoms with Crippen molar-refractivity contribution >= 4 is 0 Å². The highest BCUT2D eigenvalue weighted by atomic mass is 16.5. The quantitative estimate of drug-likeness (QED) is 0.874. The number of benzene rings is 1. The van der Waals surface area contributed by atoms with Gasteiger partial charge in [-0.2, -0.15) is 0 Å². The number of hydrogen-bond donors (Lipinski definition) is 1. The number of ether oxygens (including phenoxy) is 2. The van der Waals surface area contributed by atoms with E-state index in [2.05, 4.69) is 45.1 Å². The van der Waals surface area contributed by atoms with Crippen LogP contribution in [-0.2, 0) is 4.74 Å². The molecule has 1 N–H and O–H groups in total. The molecule has 1 aromatic carbocycles. The van der Waals surface area contributed by atoms with Gasteiger partial charge in [0.15, 0.2) is 0 Å². The maximum Gasteiger partial charge on any atom is 0.121 e. The Balaban J connectivity index is 2.20. The Bertz CT molecular complexity index is 429. The molecular weight excluding hydrogens is 226 g/mol. The lowest BCUT2D eigenvalue weighted by Gasteiger charge is -2.41. The van der Waals surface area contributed by atoms with Crippen molar-refractivity contribution in [3.05, 3.63) is 29.3 Å². The van der Waals surface area contributed by atoms with E-state index >= 15 is 0 Å². The van der Waals surface area contributed by atoms with Crippen LogP contribution in [0.15, 0.2) is 18.2 Å². The van der Waals surface area contributed by atoms with E-state index in [-0.39, 0.29) is 11.6 Å². The van der Waals surface area contributed by atoms with Crippen LogP contribution >= 0.6 is 0 Å². The first kappa shape index (κ1) is 13.4. The average Bonchev–Trinajstić information content (AvgIpc) is 2.27. The summed E-state index contributed by atoms with van der Waals surface area (Å²) in [5.41, 5.74) is 2.41. The van der Waals surface area contributed by atoms with Crippen LogP contribution < -0.4 is 10.1 Å². The summed E-state index contributed by atoms with van der Waals surface area (Å²) in [6, 6.07) is 6.56. The van der Waals surface area contributed by atoms with E-state index in [1.165, 1.54) is 5.56 Å². The van der Waals surface area contributed by atoms with Crippen LogP contribution in [0.4, 0.5) is 0 Å². The van der Waals surface area contributed by atoms with Gasteiger partial charge in [-0.1, -0.05) is 6.07 Å². The smallest absolute Gasteiger partial charge is 0.121 e. The summed E-state index contributed by atoms with van der Waals surface area (Å²) in [4.78, 5) is 0. The van der Waals surface area contributed by atoms with Crippen LogP contribution in [0.25, 0.3) is 0 Å². The van der Waals surface area contributed by atoms with Gasteiger partial charge in [-0.05, 0) is 51.0 Å². The summed E-state index contributed by atoms with van der Waals surface area (Å²) in [5.74, 6) is 0.926. The van der Waals surface area contributed by atoms with E-state index in [0.717, 1.165) is 17.9 Å². The molecule has 0 aliphatic carbocycles. The average molecular weight is 249 g/mol. The fraction of sp³-hybridized carbons (Fsp3) is 0.600. The molecule has 1 saturated heterocycles. The van der Waals surface area contributed by atoms with Crippen molar-refractivity contribution in [3.63, 3.8) is 0 Å². The van der Waals surface area contributed by atoms with E-state index in [0.29, 0.717) is 6.04 Å². The van der Waals surface area contributed by atoms with Gasteiger partial charge in [-0.3, -0.25) is 0 Å². The van der Waals surface area contributed by atoms with Gasteiger partial charge in [-0.25, -0.2) is 0 Å². The molecule has 0 saturated carbocycles. The van der Waals surface area contributed by atoms with Gasteiger partial charge < -0.3 is 14.8 Å². The number of morpholine rings is 1. The molecule has 18 heavy (non-hydrogen) atoms. The molecular formula is C15H23NO2. The van der Waals surface area contributed by atoms with Gasteiger partial charge in [0, 0.05) is 11.6 Å². The van der Waals surface area contributed by atoms with Crippen LogP contribution in [0.3, 0.4) is 0 Å². The third-order valence-electron chi connectivity index (χ3n) is 3.44. The van der Waals surface area contributed by atoms with E-state index in [9.17, 15) is 0 Å². The van der Waals surface area contributed by atoms with Crippen LogP contribution in [-0.4, -0.2) is 25.3 Å². The second kappa shape index (κ2) is 4.90. The molecule has 0 radical (unpaired) electrons. The normalized spacial score (nSPS) is 26.9. The van der Waals surface area contributed by atoms with Gasteiger partial charge in [-0.15, -0.1) is 0 Å². The Morgan fingerprint density at radius 2 is 2.11 bits per heavy atom. The highest BCUT2D eigenvalue weighted by Gasteiger charge is 2.33. The van der Waals surface area contributed by atoms with Crippen LogP contribution in [0.2, 0.25) is 0 Å².